The Morgan fingerprint density at radius 2 is 2.23 bits per heavy atom. The minimum Gasteiger partial charge on any atom is -0.390 e. The van der Waals surface area contributed by atoms with Gasteiger partial charge < -0.3 is 14.8 Å². The second-order valence-electron chi connectivity index (χ2n) is 8.76. The highest BCUT2D eigenvalue weighted by atomic mass is 16.5. The number of nitriles is 1. The van der Waals surface area contributed by atoms with Gasteiger partial charge in [-0.05, 0) is 46.9 Å². The van der Waals surface area contributed by atoms with Crippen molar-refractivity contribution in [2.45, 2.75) is 52.1 Å². The number of benzene rings is 1. The van der Waals surface area contributed by atoms with Gasteiger partial charge in [-0.1, -0.05) is 38.1 Å². The molecule has 0 fully saturated rings. The number of aliphatic hydroxyl groups is 1. The summed E-state index contributed by atoms with van der Waals surface area (Å²) in [6, 6.07) is 7.98. The third-order valence-corrected chi connectivity index (χ3v) is 5.63. The number of aliphatic hydroxyl groups excluding tert-OH is 1. The van der Waals surface area contributed by atoms with Crippen LogP contribution in [0, 0.1) is 16.7 Å². The van der Waals surface area contributed by atoms with Crippen molar-refractivity contribution in [1.29, 1.82) is 5.26 Å². The first kappa shape index (κ1) is 21.9. The fourth-order valence-electron chi connectivity index (χ4n) is 3.82. The molecule has 0 bridgehead atoms. The Morgan fingerprint density at radius 3 is 2.87 bits per heavy atom. The molecule has 0 unspecified atom stereocenters. The Bertz CT molecular complexity index is 982. The minimum absolute atomic E-state index is 0.151. The zero-order valence-corrected chi connectivity index (χ0v) is 17.9. The van der Waals surface area contributed by atoms with E-state index < -0.39 is 6.10 Å². The summed E-state index contributed by atoms with van der Waals surface area (Å²) in [6.07, 6.45) is 6.83. The number of Topliss-reactive ketones (excluding diaryl/α,β-unsaturated/α-hetero) is 1. The van der Waals surface area contributed by atoms with Crippen molar-refractivity contribution in [2.24, 2.45) is 5.41 Å². The first-order valence-corrected chi connectivity index (χ1v) is 10.3. The normalized spacial score (nSPS) is 16.6. The zero-order chi connectivity index (χ0) is 21.7. The fraction of sp³-hybridized carbons (Fsp3) is 0.458. The summed E-state index contributed by atoms with van der Waals surface area (Å²) in [5.41, 5.74) is 4.82. The van der Waals surface area contributed by atoms with Crippen molar-refractivity contribution in [3.63, 3.8) is 0 Å². The predicted molar refractivity (Wildman–Crippen MR) is 115 cm³/mol. The molecule has 1 aromatic heterocycles. The van der Waals surface area contributed by atoms with Crippen LogP contribution in [0.5, 0.6) is 0 Å². The lowest BCUT2D eigenvalue weighted by molar-refractivity contribution is 0.0650. The Kier molecular flexibility index (Phi) is 6.86. The van der Waals surface area contributed by atoms with Crippen LogP contribution in [0.3, 0.4) is 0 Å². The summed E-state index contributed by atoms with van der Waals surface area (Å²) in [5.74, 6) is 0.0532. The van der Waals surface area contributed by atoms with Gasteiger partial charge in [-0.15, -0.1) is 0 Å². The molecule has 158 valence electrons. The van der Waals surface area contributed by atoms with E-state index in [2.05, 4.69) is 36.0 Å². The number of aromatic nitrogens is 2. The lowest BCUT2D eigenvalue weighted by Crippen LogP contribution is -2.18. The average molecular weight is 408 g/mol. The van der Waals surface area contributed by atoms with Gasteiger partial charge >= 0.3 is 0 Å². The van der Waals surface area contributed by atoms with Crippen molar-refractivity contribution in [1.82, 2.24) is 9.97 Å². The zero-order valence-electron chi connectivity index (χ0n) is 17.9. The molecular weight excluding hydrogens is 378 g/mol. The molecule has 3 rings (SSSR count). The highest BCUT2D eigenvalue weighted by Gasteiger charge is 2.24. The number of carbonyl (C=O) groups is 1. The van der Waals surface area contributed by atoms with Crippen LogP contribution in [0.1, 0.15) is 66.1 Å². The topological polar surface area (TPSA) is 99.0 Å². The third kappa shape index (κ3) is 5.44. The van der Waals surface area contributed by atoms with Crippen molar-refractivity contribution in [3.8, 4) is 6.07 Å². The van der Waals surface area contributed by atoms with E-state index in [1.54, 1.807) is 7.11 Å². The molecule has 6 nitrogen and oxygen atoms in total. The second kappa shape index (κ2) is 9.38. The molecule has 2 N–H and O–H groups in total. The van der Waals surface area contributed by atoms with Crippen LogP contribution < -0.4 is 0 Å². The number of nitrogens with zero attached hydrogens (tertiary/aromatic N) is 2. The molecule has 2 aromatic rings. The van der Waals surface area contributed by atoms with Crippen LogP contribution >= 0.6 is 0 Å². The molecule has 1 heterocycles. The molecule has 0 saturated heterocycles. The van der Waals surface area contributed by atoms with E-state index in [9.17, 15) is 9.90 Å². The van der Waals surface area contributed by atoms with Crippen LogP contribution in [0.15, 0.2) is 30.5 Å². The molecule has 0 spiro atoms. The van der Waals surface area contributed by atoms with Gasteiger partial charge in [0.2, 0.25) is 5.78 Å². The smallest absolute Gasteiger partial charge is 0.202 e. The standard InChI is InChI=1S/C24H29N3O3/c1-24(2)8-6-17(7-9-24)21-11-16(10-20(28)15-30-3)4-5-18(21)12-22(29)23-26-14-19(13-25)27-23/h4-6,11,14,20,28H,7-10,12,15H2,1-3H3,(H,26,27)/t20-/m1/s1. The number of rotatable bonds is 8. The Labute approximate surface area is 177 Å². The molecule has 1 atom stereocenters. The van der Waals surface area contributed by atoms with Crippen molar-refractivity contribution in [2.75, 3.05) is 13.7 Å². The van der Waals surface area contributed by atoms with Crippen LogP contribution in [-0.2, 0) is 17.6 Å². The molecule has 0 aliphatic heterocycles. The van der Waals surface area contributed by atoms with E-state index in [1.807, 2.05) is 18.2 Å². The Balaban J connectivity index is 1.90. The molecule has 1 aliphatic rings. The maximum Gasteiger partial charge on any atom is 0.202 e. The number of hydrogen-bond donors (Lipinski definition) is 2. The van der Waals surface area contributed by atoms with Crippen LogP contribution in [-0.4, -0.2) is 40.7 Å². The number of methoxy groups -OCH3 is 1. The molecule has 0 saturated carbocycles. The summed E-state index contributed by atoms with van der Waals surface area (Å²) < 4.78 is 5.04. The maximum atomic E-state index is 12.8. The van der Waals surface area contributed by atoms with E-state index in [4.69, 9.17) is 10.00 Å². The number of carbonyl (C=O) groups excluding carboxylic acids is 1. The average Bonchev–Trinajstić information content (AvgIpc) is 3.19. The number of aromatic amines is 1. The third-order valence-electron chi connectivity index (χ3n) is 5.63. The van der Waals surface area contributed by atoms with Crippen LogP contribution in [0.4, 0.5) is 0 Å². The Morgan fingerprint density at radius 1 is 1.43 bits per heavy atom. The van der Waals surface area contributed by atoms with Crippen LogP contribution in [0.2, 0.25) is 0 Å². The number of H-pyrrole nitrogens is 1. The van der Waals surface area contributed by atoms with Gasteiger partial charge in [-0.3, -0.25) is 4.79 Å². The number of ketones is 1. The van der Waals surface area contributed by atoms with E-state index in [0.29, 0.717) is 6.42 Å². The molecule has 6 heteroatoms. The molecule has 30 heavy (non-hydrogen) atoms. The van der Waals surface area contributed by atoms with E-state index in [1.165, 1.54) is 11.8 Å². The van der Waals surface area contributed by atoms with Gasteiger partial charge in [-0.25, -0.2) is 4.98 Å². The number of allylic oxidation sites excluding steroid dienone is 2. The minimum atomic E-state index is -0.567. The number of ether oxygens (including phenoxy) is 1. The number of hydrogen-bond acceptors (Lipinski definition) is 5. The fourth-order valence-corrected chi connectivity index (χ4v) is 3.82. The largest absolute Gasteiger partial charge is 0.390 e. The summed E-state index contributed by atoms with van der Waals surface area (Å²) in [7, 11) is 1.57. The first-order chi connectivity index (χ1) is 14.3. The Hall–Kier alpha value is -2.75. The first-order valence-electron chi connectivity index (χ1n) is 10.3. The van der Waals surface area contributed by atoms with Crippen molar-refractivity contribution < 1.29 is 14.6 Å². The lowest BCUT2D eigenvalue weighted by atomic mass is 9.76. The molecular formula is C24H29N3O3. The van der Waals surface area contributed by atoms with Gasteiger partial charge in [0.05, 0.1) is 18.9 Å². The molecule has 0 amide bonds. The summed E-state index contributed by atoms with van der Waals surface area (Å²) in [6.45, 7) is 4.82. The lowest BCUT2D eigenvalue weighted by Gasteiger charge is -2.29. The maximum absolute atomic E-state index is 12.8. The summed E-state index contributed by atoms with van der Waals surface area (Å²) in [4.78, 5) is 19.5. The van der Waals surface area contributed by atoms with E-state index in [-0.39, 0.29) is 35.7 Å². The number of imidazole rings is 1. The second-order valence-corrected chi connectivity index (χ2v) is 8.76. The van der Waals surface area contributed by atoms with Gasteiger partial charge in [-0.2, -0.15) is 5.26 Å². The highest BCUT2D eigenvalue weighted by Crippen LogP contribution is 2.39. The quantitative estimate of drug-likeness (QED) is 0.648. The predicted octanol–water partition coefficient (Wildman–Crippen LogP) is 3.85. The summed E-state index contributed by atoms with van der Waals surface area (Å²) in [5, 5.41) is 19.1. The van der Waals surface area contributed by atoms with Crippen LogP contribution in [0.25, 0.3) is 5.57 Å². The molecule has 1 aromatic carbocycles. The van der Waals surface area contributed by atoms with Crippen molar-refractivity contribution in [3.05, 3.63) is 58.7 Å². The van der Waals surface area contributed by atoms with Crippen molar-refractivity contribution >= 4 is 11.4 Å². The van der Waals surface area contributed by atoms with Gasteiger partial charge in [0.25, 0.3) is 0 Å². The number of nitrogens with one attached hydrogen (secondary N) is 1. The monoisotopic (exact) mass is 407 g/mol. The van der Waals surface area contributed by atoms with Gasteiger partial charge in [0.15, 0.2) is 5.82 Å². The van der Waals surface area contributed by atoms with E-state index in [0.717, 1.165) is 36.0 Å². The van der Waals surface area contributed by atoms with E-state index >= 15 is 0 Å². The molecule has 1 aliphatic carbocycles. The van der Waals surface area contributed by atoms with Gasteiger partial charge in [0.1, 0.15) is 11.8 Å². The molecule has 0 radical (unpaired) electrons. The highest BCUT2D eigenvalue weighted by molar-refractivity contribution is 5.95. The summed E-state index contributed by atoms with van der Waals surface area (Å²) >= 11 is 0. The van der Waals surface area contributed by atoms with Gasteiger partial charge in [0, 0.05) is 20.0 Å². The SMILES string of the molecule is COC[C@H](O)Cc1ccc(CC(=O)c2ncc(C#N)[nH]2)c(C2=CCC(C)(C)CC2)c1.